The van der Waals surface area contributed by atoms with Gasteiger partial charge in [0.15, 0.2) is 0 Å². The number of hydrogen-bond acceptors (Lipinski definition) is 4. The van der Waals surface area contributed by atoms with E-state index in [0.717, 1.165) is 0 Å². The quantitative estimate of drug-likeness (QED) is 0.430. The summed E-state index contributed by atoms with van der Waals surface area (Å²) in [5.74, 6) is -0.543. The van der Waals surface area contributed by atoms with Crippen molar-refractivity contribution in [2.45, 2.75) is 31.6 Å². The number of alkyl halides is 3. The van der Waals surface area contributed by atoms with Crippen molar-refractivity contribution in [2.24, 2.45) is 5.73 Å². The van der Waals surface area contributed by atoms with Gasteiger partial charge in [0.2, 0.25) is 0 Å². The van der Waals surface area contributed by atoms with E-state index in [1.54, 1.807) is 0 Å². The number of carbonyl (C=O) groups is 1. The Kier molecular flexibility index (Phi) is 9.60. The number of hydrogen-bond donors (Lipinski definition) is 2. The molecule has 0 aliphatic heterocycles. The van der Waals surface area contributed by atoms with E-state index in [1.807, 2.05) is 0 Å². The van der Waals surface area contributed by atoms with Crippen LogP contribution < -0.4 is 11.1 Å². The van der Waals surface area contributed by atoms with Crippen molar-refractivity contribution in [1.29, 1.82) is 0 Å². The molecular formula is C8H16ClF3N2O2. The molecule has 16 heavy (non-hydrogen) atoms. The fourth-order valence-electron chi connectivity index (χ4n) is 0.989. The Morgan fingerprint density at radius 3 is 2.44 bits per heavy atom. The minimum Gasteiger partial charge on any atom is -0.468 e. The first-order valence-electron chi connectivity index (χ1n) is 4.52. The van der Waals surface area contributed by atoms with Crippen molar-refractivity contribution in [3.05, 3.63) is 0 Å². The maximum atomic E-state index is 11.6. The van der Waals surface area contributed by atoms with Crippen LogP contribution in [0.2, 0.25) is 0 Å². The fourth-order valence-corrected chi connectivity index (χ4v) is 0.989. The van der Waals surface area contributed by atoms with E-state index in [0.29, 0.717) is 19.3 Å². The number of ether oxygens (including phenoxy) is 1. The maximum Gasteiger partial charge on any atom is 0.457 e. The smallest absolute Gasteiger partial charge is 0.457 e. The highest BCUT2D eigenvalue weighted by Gasteiger charge is 2.25. The predicted octanol–water partition coefficient (Wildman–Crippen LogP) is 1.19. The molecule has 8 heteroatoms. The van der Waals surface area contributed by atoms with Crippen molar-refractivity contribution in [3.63, 3.8) is 0 Å². The number of nitrogens with two attached hydrogens (primary N) is 1. The van der Waals surface area contributed by atoms with Crippen molar-refractivity contribution >= 4 is 18.4 Å². The van der Waals surface area contributed by atoms with E-state index in [-0.39, 0.29) is 19.0 Å². The Morgan fingerprint density at radius 2 is 2.00 bits per heavy atom. The molecule has 4 nitrogen and oxygen atoms in total. The molecule has 0 aromatic heterocycles. The second-order valence-corrected chi connectivity index (χ2v) is 3.05. The highest BCUT2D eigenvalue weighted by atomic mass is 35.5. The largest absolute Gasteiger partial charge is 0.468 e. The predicted molar refractivity (Wildman–Crippen MR) is 55.1 cm³/mol. The van der Waals surface area contributed by atoms with Gasteiger partial charge in [-0.05, 0) is 12.8 Å². The molecule has 0 rings (SSSR count). The summed E-state index contributed by atoms with van der Waals surface area (Å²) in [4.78, 5) is 10.8. The Bertz CT molecular complexity index is 202. The van der Waals surface area contributed by atoms with E-state index in [2.05, 4.69) is 4.74 Å². The molecule has 0 saturated carbocycles. The number of esters is 1. The van der Waals surface area contributed by atoms with Crippen LogP contribution in [-0.4, -0.2) is 32.0 Å². The average molecular weight is 265 g/mol. The van der Waals surface area contributed by atoms with Crippen LogP contribution in [-0.2, 0) is 9.53 Å². The molecular weight excluding hydrogens is 249 g/mol. The Hall–Kier alpha value is -0.530. The van der Waals surface area contributed by atoms with Crippen molar-refractivity contribution in [3.8, 4) is 0 Å². The number of nitrogens with one attached hydrogen (secondary N) is 1. The lowest BCUT2D eigenvalue weighted by molar-refractivity contribution is -0.156. The van der Waals surface area contributed by atoms with E-state index in [9.17, 15) is 18.0 Å². The van der Waals surface area contributed by atoms with Crippen molar-refractivity contribution in [2.75, 3.05) is 13.7 Å². The first kappa shape index (κ1) is 17.9. The minimum atomic E-state index is -4.34. The summed E-state index contributed by atoms with van der Waals surface area (Å²) in [6.07, 6.45) is -3.26. The summed E-state index contributed by atoms with van der Waals surface area (Å²) < 4.78 is 39.2. The Balaban J connectivity index is 0. The highest BCUT2D eigenvalue weighted by Crippen LogP contribution is 2.09. The van der Waals surface area contributed by atoms with Gasteiger partial charge in [0.1, 0.15) is 6.04 Å². The molecule has 0 fully saturated rings. The molecule has 0 amide bonds. The van der Waals surface area contributed by atoms with Crippen LogP contribution in [0, 0.1) is 0 Å². The van der Waals surface area contributed by atoms with Crippen molar-refractivity contribution < 1.29 is 22.7 Å². The van der Waals surface area contributed by atoms with Gasteiger partial charge in [0, 0.05) is 6.54 Å². The molecule has 0 heterocycles. The van der Waals surface area contributed by atoms with Crippen LogP contribution in [0.3, 0.4) is 0 Å². The molecule has 0 aromatic carbocycles. The van der Waals surface area contributed by atoms with Gasteiger partial charge in [-0.25, -0.2) is 5.32 Å². The standard InChI is InChI=1S/C8H15F3N2O2.ClH/c1-15-7(14)6(12)4-2-3-5-13-8(9,10)11;/h6,13H,2-5,12H2,1H3;1H/t6-;/m0./s1. The lowest BCUT2D eigenvalue weighted by Crippen LogP contribution is -2.33. The fraction of sp³-hybridized carbons (Fsp3) is 0.875. The third kappa shape index (κ3) is 10.0. The summed E-state index contributed by atoms with van der Waals surface area (Å²) in [6.45, 7) is -0.169. The van der Waals surface area contributed by atoms with E-state index < -0.39 is 18.3 Å². The molecule has 0 radical (unpaired) electrons. The summed E-state index contributed by atoms with van der Waals surface area (Å²) >= 11 is 0. The molecule has 0 aliphatic rings. The average Bonchev–Trinajstić information content (AvgIpc) is 2.14. The van der Waals surface area contributed by atoms with Crippen LogP contribution in [0.4, 0.5) is 13.2 Å². The zero-order valence-electron chi connectivity index (χ0n) is 8.84. The molecule has 0 saturated heterocycles. The highest BCUT2D eigenvalue weighted by molar-refractivity contribution is 5.85. The van der Waals surface area contributed by atoms with Gasteiger partial charge >= 0.3 is 12.3 Å². The van der Waals surface area contributed by atoms with Gasteiger partial charge in [-0.2, -0.15) is 13.2 Å². The first-order chi connectivity index (χ1) is 6.87. The topological polar surface area (TPSA) is 64.3 Å². The van der Waals surface area contributed by atoms with Crippen LogP contribution >= 0.6 is 12.4 Å². The lowest BCUT2D eigenvalue weighted by atomic mass is 10.1. The second-order valence-electron chi connectivity index (χ2n) is 3.05. The molecule has 0 aliphatic carbocycles. The monoisotopic (exact) mass is 264 g/mol. The second kappa shape index (κ2) is 8.60. The van der Waals surface area contributed by atoms with Crippen LogP contribution in [0.1, 0.15) is 19.3 Å². The Morgan fingerprint density at radius 1 is 1.44 bits per heavy atom. The number of halogens is 4. The molecule has 0 aromatic rings. The van der Waals surface area contributed by atoms with Crippen LogP contribution in [0.25, 0.3) is 0 Å². The SMILES string of the molecule is COC(=O)[C@@H](N)CCCCNC(F)(F)F.Cl. The van der Waals surface area contributed by atoms with Crippen molar-refractivity contribution in [1.82, 2.24) is 5.32 Å². The Labute approximate surface area is 98.1 Å². The maximum absolute atomic E-state index is 11.6. The lowest BCUT2D eigenvalue weighted by Gasteiger charge is -2.10. The summed E-state index contributed by atoms with van der Waals surface area (Å²) in [7, 11) is 1.22. The number of rotatable bonds is 6. The van der Waals surface area contributed by atoms with E-state index in [4.69, 9.17) is 5.73 Å². The summed E-state index contributed by atoms with van der Waals surface area (Å²) in [5, 5.41) is 1.38. The minimum absolute atomic E-state index is 0. The number of methoxy groups -OCH3 is 1. The number of unbranched alkanes of at least 4 members (excludes halogenated alkanes) is 1. The molecule has 1 atom stereocenters. The molecule has 0 unspecified atom stereocenters. The van der Waals surface area contributed by atoms with Gasteiger partial charge < -0.3 is 10.5 Å². The van der Waals surface area contributed by atoms with E-state index in [1.165, 1.54) is 12.4 Å². The molecule has 0 bridgehead atoms. The molecule has 98 valence electrons. The summed E-state index contributed by atoms with van der Waals surface area (Å²) in [6, 6.07) is -0.749. The first-order valence-corrected chi connectivity index (χ1v) is 4.52. The van der Waals surface area contributed by atoms with Crippen LogP contribution in [0.15, 0.2) is 0 Å². The van der Waals surface area contributed by atoms with Gasteiger partial charge in [-0.15, -0.1) is 12.4 Å². The summed E-state index contributed by atoms with van der Waals surface area (Å²) in [5.41, 5.74) is 5.38. The number of carbonyl (C=O) groups excluding carboxylic acids is 1. The van der Waals surface area contributed by atoms with Gasteiger partial charge in [-0.1, -0.05) is 6.42 Å². The molecule has 3 N–H and O–H groups in total. The van der Waals surface area contributed by atoms with Gasteiger partial charge in [0.25, 0.3) is 0 Å². The normalized spacial score (nSPS) is 12.8. The van der Waals surface area contributed by atoms with Crippen LogP contribution in [0.5, 0.6) is 0 Å². The zero-order valence-corrected chi connectivity index (χ0v) is 9.66. The zero-order chi connectivity index (χ0) is 11.9. The third-order valence-corrected chi connectivity index (χ3v) is 1.77. The molecule has 0 spiro atoms. The third-order valence-electron chi connectivity index (χ3n) is 1.77. The van der Waals surface area contributed by atoms with Gasteiger partial charge in [0.05, 0.1) is 7.11 Å². The van der Waals surface area contributed by atoms with Gasteiger partial charge in [-0.3, -0.25) is 4.79 Å². The van der Waals surface area contributed by atoms with E-state index >= 15 is 0 Å².